The number of nitrogens with zero attached hydrogens (tertiary/aromatic N) is 2. The number of amides is 2. The summed E-state index contributed by atoms with van der Waals surface area (Å²) in [6.45, 7) is 4.22. The van der Waals surface area contributed by atoms with Crippen molar-refractivity contribution in [3.8, 4) is 5.75 Å². The van der Waals surface area contributed by atoms with E-state index in [1.165, 1.54) is 30.3 Å². The summed E-state index contributed by atoms with van der Waals surface area (Å²) in [6.07, 6.45) is 5.77. The van der Waals surface area contributed by atoms with Gasteiger partial charge in [-0.15, -0.1) is 0 Å². The molecule has 2 amide bonds. The largest absolute Gasteiger partial charge is 0.450 e. The standard InChI is InChI=1S/C29H35F2N3O4/c1-2-37-27(35)32-22-5-3-4-6-23(18-22)33-15-13-29(14-16-33)19-34(26-12-9-21(31)17-25(26)29)28(36)38-24-10-7-20(30)8-11-24/h7-12,17,22-23H,2-6,13-16,18-19H2,1H3,(H,32,35). The van der Waals surface area contributed by atoms with Crippen molar-refractivity contribution in [2.45, 2.75) is 69.4 Å². The Kier molecular flexibility index (Phi) is 7.83. The van der Waals surface area contributed by atoms with Crippen LogP contribution in [0.15, 0.2) is 42.5 Å². The van der Waals surface area contributed by atoms with E-state index in [9.17, 15) is 18.4 Å². The average Bonchev–Trinajstić information content (AvgIpc) is 3.03. The molecule has 7 nitrogen and oxygen atoms in total. The number of anilines is 1. The van der Waals surface area contributed by atoms with Crippen LogP contribution < -0.4 is 15.0 Å². The minimum Gasteiger partial charge on any atom is -0.450 e. The third-order valence-electron chi connectivity index (χ3n) is 8.29. The number of benzene rings is 2. The topological polar surface area (TPSA) is 71.1 Å². The highest BCUT2D eigenvalue weighted by Crippen LogP contribution is 2.48. The van der Waals surface area contributed by atoms with Crippen molar-refractivity contribution in [2.75, 3.05) is 31.1 Å². The average molecular weight is 528 g/mol. The third-order valence-corrected chi connectivity index (χ3v) is 8.29. The minimum atomic E-state index is -0.555. The van der Waals surface area contributed by atoms with Crippen molar-refractivity contribution in [2.24, 2.45) is 0 Å². The summed E-state index contributed by atoms with van der Waals surface area (Å²) < 4.78 is 38.3. The lowest BCUT2D eigenvalue weighted by atomic mass is 9.74. The molecule has 2 aliphatic heterocycles. The Balaban J connectivity index is 1.28. The number of carbonyl (C=O) groups is 2. The quantitative estimate of drug-likeness (QED) is 0.512. The number of hydrogen-bond donors (Lipinski definition) is 1. The van der Waals surface area contributed by atoms with Crippen LogP contribution in [0.4, 0.5) is 24.1 Å². The maximum atomic E-state index is 14.4. The molecule has 2 aromatic rings. The fourth-order valence-corrected chi connectivity index (χ4v) is 6.34. The lowest BCUT2D eigenvalue weighted by Gasteiger charge is -2.43. The second-order valence-corrected chi connectivity index (χ2v) is 10.6. The van der Waals surface area contributed by atoms with Gasteiger partial charge in [0.25, 0.3) is 0 Å². The van der Waals surface area contributed by atoms with Gasteiger partial charge >= 0.3 is 12.2 Å². The van der Waals surface area contributed by atoms with Gasteiger partial charge in [0.2, 0.25) is 0 Å². The molecule has 1 N–H and O–H groups in total. The zero-order valence-electron chi connectivity index (χ0n) is 21.8. The first-order valence-corrected chi connectivity index (χ1v) is 13.6. The molecule has 2 aromatic carbocycles. The summed E-state index contributed by atoms with van der Waals surface area (Å²) in [6, 6.07) is 10.3. The van der Waals surface area contributed by atoms with Gasteiger partial charge < -0.3 is 19.7 Å². The van der Waals surface area contributed by atoms with Crippen molar-refractivity contribution in [3.05, 3.63) is 59.7 Å². The lowest BCUT2D eigenvalue weighted by molar-refractivity contribution is 0.103. The van der Waals surface area contributed by atoms with Gasteiger partial charge in [0, 0.05) is 24.0 Å². The van der Waals surface area contributed by atoms with Crippen molar-refractivity contribution in [3.63, 3.8) is 0 Å². The fourth-order valence-electron chi connectivity index (χ4n) is 6.34. The summed E-state index contributed by atoms with van der Waals surface area (Å²) in [4.78, 5) is 29.2. The number of rotatable bonds is 4. The van der Waals surface area contributed by atoms with Gasteiger partial charge in [-0.05, 0) is 100 Å². The van der Waals surface area contributed by atoms with Crippen LogP contribution in [0.2, 0.25) is 0 Å². The van der Waals surface area contributed by atoms with Crippen LogP contribution in [0.1, 0.15) is 57.4 Å². The minimum absolute atomic E-state index is 0.0930. The van der Waals surface area contributed by atoms with Crippen LogP contribution in [-0.2, 0) is 10.2 Å². The fraction of sp³-hybridized carbons (Fsp3) is 0.517. The number of carbonyl (C=O) groups excluding carboxylic acids is 2. The second-order valence-electron chi connectivity index (χ2n) is 10.6. The highest BCUT2D eigenvalue weighted by Gasteiger charge is 2.48. The molecule has 2 atom stereocenters. The molecule has 0 aromatic heterocycles. The molecular formula is C29H35F2N3O4. The van der Waals surface area contributed by atoms with E-state index in [0.717, 1.165) is 63.6 Å². The maximum Gasteiger partial charge on any atom is 0.419 e. The molecule has 38 heavy (non-hydrogen) atoms. The van der Waals surface area contributed by atoms with Gasteiger partial charge in [-0.1, -0.05) is 12.8 Å². The molecule has 2 heterocycles. The Morgan fingerprint density at radius 3 is 2.47 bits per heavy atom. The van der Waals surface area contributed by atoms with Gasteiger partial charge in [-0.2, -0.15) is 0 Å². The number of halogens is 2. The van der Waals surface area contributed by atoms with Gasteiger partial charge in [-0.25, -0.2) is 18.4 Å². The zero-order chi connectivity index (χ0) is 26.7. The molecular weight excluding hydrogens is 492 g/mol. The van der Waals surface area contributed by atoms with Gasteiger partial charge in [-0.3, -0.25) is 4.90 Å². The van der Waals surface area contributed by atoms with Crippen LogP contribution >= 0.6 is 0 Å². The van der Waals surface area contributed by atoms with Crippen LogP contribution in [0.3, 0.4) is 0 Å². The molecule has 204 valence electrons. The number of hydrogen-bond acceptors (Lipinski definition) is 5. The summed E-state index contributed by atoms with van der Waals surface area (Å²) in [5.41, 5.74) is 1.15. The normalized spacial score (nSPS) is 23.0. The number of piperidine rings is 1. The lowest BCUT2D eigenvalue weighted by Crippen LogP contribution is -2.50. The van der Waals surface area contributed by atoms with Crippen molar-refractivity contribution in [1.29, 1.82) is 0 Å². The predicted octanol–water partition coefficient (Wildman–Crippen LogP) is 5.76. The van der Waals surface area contributed by atoms with Gasteiger partial charge in [0.1, 0.15) is 17.4 Å². The maximum absolute atomic E-state index is 14.4. The van der Waals surface area contributed by atoms with Crippen molar-refractivity contribution in [1.82, 2.24) is 10.2 Å². The first-order valence-electron chi connectivity index (χ1n) is 13.6. The van der Waals surface area contributed by atoms with Crippen LogP contribution in [0, 0.1) is 11.6 Å². The number of fused-ring (bicyclic) bond motifs is 2. The summed E-state index contributed by atoms with van der Waals surface area (Å²) in [7, 11) is 0. The summed E-state index contributed by atoms with van der Waals surface area (Å²) in [5.74, 6) is -0.472. The monoisotopic (exact) mass is 527 g/mol. The molecule has 3 aliphatic rings. The Morgan fingerprint density at radius 1 is 1.03 bits per heavy atom. The van der Waals surface area contributed by atoms with Gasteiger partial charge in [0.05, 0.1) is 12.3 Å². The zero-order valence-corrected chi connectivity index (χ0v) is 21.8. The van der Waals surface area contributed by atoms with E-state index >= 15 is 0 Å². The highest BCUT2D eigenvalue weighted by atomic mass is 19.1. The molecule has 5 rings (SSSR count). The molecule has 9 heteroatoms. The Bertz CT molecular complexity index is 1150. The molecule has 2 fully saturated rings. The number of ether oxygens (including phenoxy) is 2. The molecule has 1 saturated carbocycles. The highest BCUT2D eigenvalue weighted by molar-refractivity contribution is 5.92. The van der Waals surface area contributed by atoms with Crippen LogP contribution in [-0.4, -0.2) is 55.4 Å². The van der Waals surface area contributed by atoms with E-state index in [0.29, 0.717) is 24.9 Å². The Hall–Kier alpha value is -3.20. The first-order chi connectivity index (χ1) is 18.4. The first kappa shape index (κ1) is 26.4. The SMILES string of the molecule is CCOC(=O)NC1CCCCC(N2CCC3(CC2)CN(C(=O)Oc2ccc(F)cc2)c2ccc(F)cc23)C1. The van der Waals surface area contributed by atoms with E-state index in [-0.39, 0.29) is 29.1 Å². The summed E-state index contributed by atoms with van der Waals surface area (Å²) >= 11 is 0. The second kappa shape index (κ2) is 11.3. The molecule has 1 saturated heterocycles. The smallest absolute Gasteiger partial charge is 0.419 e. The van der Waals surface area contributed by atoms with Crippen LogP contribution in [0.25, 0.3) is 0 Å². The number of alkyl carbamates (subject to hydrolysis) is 1. The van der Waals surface area contributed by atoms with E-state index in [2.05, 4.69) is 10.2 Å². The predicted molar refractivity (Wildman–Crippen MR) is 139 cm³/mol. The van der Waals surface area contributed by atoms with E-state index in [4.69, 9.17) is 9.47 Å². The van der Waals surface area contributed by atoms with Crippen LogP contribution in [0.5, 0.6) is 5.75 Å². The summed E-state index contributed by atoms with van der Waals surface area (Å²) in [5, 5.41) is 3.03. The Morgan fingerprint density at radius 2 is 1.74 bits per heavy atom. The molecule has 1 spiro atoms. The molecule has 2 unspecified atom stereocenters. The molecule has 0 bridgehead atoms. The third kappa shape index (κ3) is 5.62. The van der Waals surface area contributed by atoms with Crippen molar-refractivity contribution >= 4 is 17.9 Å². The van der Waals surface area contributed by atoms with E-state index in [1.54, 1.807) is 24.0 Å². The van der Waals surface area contributed by atoms with E-state index < -0.39 is 11.9 Å². The number of nitrogens with one attached hydrogen (secondary N) is 1. The van der Waals surface area contributed by atoms with E-state index in [1.807, 2.05) is 0 Å². The number of likely N-dealkylation sites (tertiary alicyclic amines) is 1. The molecule has 1 aliphatic carbocycles. The van der Waals surface area contributed by atoms with Gasteiger partial charge in [0.15, 0.2) is 0 Å². The van der Waals surface area contributed by atoms with Crippen molar-refractivity contribution < 1.29 is 27.8 Å². The molecule has 0 radical (unpaired) electrons. The Labute approximate surface area is 222 Å².